The number of carbonyl (C=O) groups is 1. The molecule has 3 N–H and O–H groups in total. The molecule has 2 saturated carbocycles. The predicted molar refractivity (Wildman–Crippen MR) is 57.4 cm³/mol. The molecule has 2 aliphatic rings. The van der Waals surface area contributed by atoms with E-state index in [9.17, 15) is 9.90 Å². The molecule has 0 saturated heterocycles. The summed E-state index contributed by atoms with van der Waals surface area (Å²) in [7, 11) is 0. The molecule has 86 valence electrons. The van der Waals surface area contributed by atoms with Gasteiger partial charge in [0.2, 0.25) is 5.91 Å². The number of nitrogens with one attached hydrogen (secondary N) is 2. The van der Waals surface area contributed by atoms with E-state index >= 15 is 0 Å². The molecule has 2 fully saturated rings. The number of aliphatic hydroxyl groups is 1. The van der Waals surface area contributed by atoms with Crippen molar-refractivity contribution >= 4 is 5.91 Å². The van der Waals surface area contributed by atoms with E-state index in [0.717, 1.165) is 38.6 Å². The molecule has 2 rings (SSSR count). The van der Waals surface area contributed by atoms with Gasteiger partial charge in [0.05, 0.1) is 6.10 Å². The lowest BCUT2D eigenvalue weighted by atomic mass is 10.2. The van der Waals surface area contributed by atoms with E-state index < -0.39 is 0 Å². The Hall–Kier alpha value is -0.610. The number of hydrogen-bond acceptors (Lipinski definition) is 3. The summed E-state index contributed by atoms with van der Waals surface area (Å²) in [5.41, 5.74) is 0. The zero-order valence-electron chi connectivity index (χ0n) is 9.04. The van der Waals surface area contributed by atoms with Gasteiger partial charge < -0.3 is 15.7 Å². The van der Waals surface area contributed by atoms with Crippen LogP contribution in [0.1, 0.15) is 32.1 Å². The Bertz CT molecular complexity index is 229. The Morgan fingerprint density at radius 1 is 1.20 bits per heavy atom. The van der Waals surface area contributed by atoms with Gasteiger partial charge in [-0.15, -0.1) is 0 Å². The quantitative estimate of drug-likeness (QED) is 0.563. The van der Waals surface area contributed by atoms with Crippen LogP contribution in [0.3, 0.4) is 0 Å². The molecule has 1 amide bonds. The number of rotatable bonds is 5. The number of aliphatic hydroxyl groups excluding tert-OH is 1. The fraction of sp³-hybridized carbons (Fsp3) is 0.909. The number of amides is 1. The molecule has 0 heterocycles. The average Bonchev–Trinajstić information content (AvgIpc) is 2.99. The van der Waals surface area contributed by atoms with Crippen LogP contribution >= 0.6 is 0 Å². The van der Waals surface area contributed by atoms with Crippen LogP contribution in [0.4, 0.5) is 0 Å². The minimum atomic E-state index is -0.191. The van der Waals surface area contributed by atoms with Crippen LogP contribution in [0.15, 0.2) is 0 Å². The summed E-state index contributed by atoms with van der Waals surface area (Å²) in [5, 5.41) is 15.7. The van der Waals surface area contributed by atoms with Crippen molar-refractivity contribution in [3.8, 4) is 0 Å². The number of carbonyl (C=O) groups excluding carboxylic acids is 1. The lowest BCUT2D eigenvalue weighted by molar-refractivity contribution is -0.122. The fourth-order valence-electron chi connectivity index (χ4n) is 2.11. The highest BCUT2D eigenvalue weighted by Crippen LogP contribution is 2.28. The Labute approximate surface area is 90.4 Å². The fourth-order valence-corrected chi connectivity index (χ4v) is 2.11. The third kappa shape index (κ3) is 3.18. The van der Waals surface area contributed by atoms with Gasteiger partial charge >= 0.3 is 0 Å². The molecule has 2 aliphatic carbocycles. The maximum atomic E-state index is 11.3. The average molecular weight is 212 g/mol. The van der Waals surface area contributed by atoms with Crippen LogP contribution in [-0.2, 0) is 4.79 Å². The molecular weight excluding hydrogens is 192 g/mol. The van der Waals surface area contributed by atoms with E-state index in [0.29, 0.717) is 12.5 Å². The maximum Gasteiger partial charge on any atom is 0.223 e. The molecule has 2 atom stereocenters. The second-order valence-corrected chi connectivity index (χ2v) is 4.62. The topological polar surface area (TPSA) is 61.4 Å². The summed E-state index contributed by atoms with van der Waals surface area (Å²) in [6.45, 7) is 1.44. The first-order valence-corrected chi connectivity index (χ1v) is 5.96. The molecule has 0 bridgehead atoms. The van der Waals surface area contributed by atoms with Crippen LogP contribution in [0, 0.1) is 5.92 Å². The summed E-state index contributed by atoms with van der Waals surface area (Å²) < 4.78 is 0. The van der Waals surface area contributed by atoms with Crippen molar-refractivity contribution in [2.45, 2.75) is 44.2 Å². The molecule has 4 heteroatoms. The largest absolute Gasteiger partial charge is 0.392 e. The molecule has 15 heavy (non-hydrogen) atoms. The van der Waals surface area contributed by atoms with Crippen LogP contribution in [-0.4, -0.2) is 36.2 Å². The van der Waals surface area contributed by atoms with Crippen molar-refractivity contribution in [3.05, 3.63) is 0 Å². The second kappa shape index (κ2) is 4.94. The summed E-state index contributed by atoms with van der Waals surface area (Å²) in [6.07, 6.45) is 4.99. The standard InChI is InChI=1S/C11H20N2O2/c14-10-3-1-2-9(10)12-6-7-13-11(15)8-4-5-8/h8-10,12,14H,1-7H2,(H,13,15). The van der Waals surface area contributed by atoms with E-state index in [-0.39, 0.29) is 18.1 Å². The Kier molecular flexibility index (Phi) is 3.59. The minimum absolute atomic E-state index is 0.191. The Morgan fingerprint density at radius 3 is 2.60 bits per heavy atom. The van der Waals surface area contributed by atoms with Crippen molar-refractivity contribution in [2.24, 2.45) is 5.92 Å². The van der Waals surface area contributed by atoms with Crippen molar-refractivity contribution < 1.29 is 9.90 Å². The van der Waals surface area contributed by atoms with Gasteiger partial charge in [0.25, 0.3) is 0 Å². The molecule has 0 aromatic heterocycles. The summed E-state index contributed by atoms with van der Waals surface area (Å²) in [4.78, 5) is 11.3. The molecule has 0 aliphatic heterocycles. The van der Waals surface area contributed by atoms with Gasteiger partial charge in [0.15, 0.2) is 0 Å². The van der Waals surface area contributed by atoms with Crippen molar-refractivity contribution in [2.75, 3.05) is 13.1 Å². The van der Waals surface area contributed by atoms with Crippen molar-refractivity contribution in [1.82, 2.24) is 10.6 Å². The van der Waals surface area contributed by atoms with Gasteiger partial charge in [0, 0.05) is 25.0 Å². The van der Waals surface area contributed by atoms with E-state index in [1.165, 1.54) is 0 Å². The molecule has 0 aromatic carbocycles. The summed E-state index contributed by atoms with van der Waals surface area (Å²) in [5.74, 6) is 0.492. The monoisotopic (exact) mass is 212 g/mol. The second-order valence-electron chi connectivity index (χ2n) is 4.62. The summed E-state index contributed by atoms with van der Waals surface area (Å²) >= 11 is 0. The van der Waals surface area contributed by atoms with Gasteiger partial charge in [-0.1, -0.05) is 0 Å². The Morgan fingerprint density at radius 2 is 2.00 bits per heavy atom. The molecule has 0 aromatic rings. The Balaban J connectivity index is 1.52. The van der Waals surface area contributed by atoms with Gasteiger partial charge in [-0.05, 0) is 32.1 Å². The molecule has 0 radical (unpaired) electrons. The van der Waals surface area contributed by atoms with Gasteiger partial charge in [-0.2, -0.15) is 0 Å². The zero-order chi connectivity index (χ0) is 10.7. The third-order valence-corrected chi connectivity index (χ3v) is 3.26. The maximum absolute atomic E-state index is 11.3. The normalized spacial score (nSPS) is 30.5. The molecule has 0 spiro atoms. The highest BCUT2D eigenvalue weighted by atomic mass is 16.3. The third-order valence-electron chi connectivity index (χ3n) is 3.26. The summed E-state index contributed by atoms with van der Waals surface area (Å²) in [6, 6.07) is 0.239. The smallest absolute Gasteiger partial charge is 0.223 e. The lowest BCUT2D eigenvalue weighted by Gasteiger charge is -2.16. The van der Waals surface area contributed by atoms with Crippen molar-refractivity contribution in [1.29, 1.82) is 0 Å². The number of hydrogen-bond donors (Lipinski definition) is 3. The van der Waals surface area contributed by atoms with Crippen LogP contribution in [0.25, 0.3) is 0 Å². The van der Waals surface area contributed by atoms with E-state index in [1.54, 1.807) is 0 Å². The van der Waals surface area contributed by atoms with Crippen LogP contribution in [0.5, 0.6) is 0 Å². The van der Waals surface area contributed by atoms with E-state index in [4.69, 9.17) is 0 Å². The molecular formula is C11H20N2O2. The van der Waals surface area contributed by atoms with Gasteiger partial charge in [-0.3, -0.25) is 4.79 Å². The molecule has 4 nitrogen and oxygen atoms in total. The first-order chi connectivity index (χ1) is 7.27. The highest BCUT2D eigenvalue weighted by Gasteiger charge is 2.29. The SMILES string of the molecule is O=C(NCCNC1CCCC1O)C1CC1. The van der Waals surface area contributed by atoms with Crippen LogP contribution in [0.2, 0.25) is 0 Å². The minimum Gasteiger partial charge on any atom is -0.392 e. The van der Waals surface area contributed by atoms with Gasteiger partial charge in [0.1, 0.15) is 0 Å². The highest BCUT2D eigenvalue weighted by molar-refractivity contribution is 5.80. The lowest BCUT2D eigenvalue weighted by Crippen LogP contribution is -2.40. The van der Waals surface area contributed by atoms with E-state index in [2.05, 4.69) is 10.6 Å². The first kappa shape index (κ1) is 10.9. The van der Waals surface area contributed by atoms with Crippen LogP contribution < -0.4 is 10.6 Å². The predicted octanol–water partition coefficient (Wildman–Crippen LogP) is 0.0156. The van der Waals surface area contributed by atoms with Gasteiger partial charge in [-0.25, -0.2) is 0 Å². The first-order valence-electron chi connectivity index (χ1n) is 5.96. The zero-order valence-corrected chi connectivity index (χ0v) is 9.04. The van der Waals surface area contributed by atoms with E-state index in [1.807, 2.05) is 0 Å². The van der Waals surface area contributed by atoms with Crippen molar-refractivity contribution in [3.63, 3.8) is 0 Å². The molecule has 2 unspecified atom stereocenters.